The molecule has 1 heterocycles. The van der Waals surface area contributed by atoms with Gasteiger partial charge in [-0.2, -0.15) is 11.6 Å². The zero-order valence-electron chi connectivity index (χ0n) is 23.9. The monoisotopic (exact) mass is 751 g/mol. The minimum absolute atomic E-state index is 0. The third kappa shape index (κ3) is 15.1. The molecule has 10 nitrogen and oxygen atoms in total. The van der Waals surface area contributed by atoms with Gasteiger partial charge in [0.15, 0.2) is 5.41 Å². The second-order valence-corrected chi connectivity index (χ2v) is 8.30. The Labute approximate surface area is 261 Å². The Morgan fingerprint density at radius 3 is 1.79 bits per heavy atom. The average molecular weight is 751 g/mol. The van der Waals surface area contributed by atoms with E-state index in [-0.39, 0.29) is 40.0 Å². The number of esters is 3. The number of allylic oxidation sites excluding steroid dienone is 2. The Hall–Kier alpha value is -3.28. The molecule has 1 aliphatic carbocycles. The van der Waals surface area contributed by atoms with E-state index in [0.717, 1.165) is 17.2 Å². The Kier molecular flexibility index (Phi) is 28.6. The van der Waals surface area contributed by atoms with E-state index in [1.54, 1.807) is 12.2 Å². The van der Waals surface area contributed by atoms with E-state index < -0.39 is 23.3 Å². The summed E-state index contributed by atoms with van der Waals surface area (Å²) >= 11 is 0. The average Bonchev–Trinajstić information content (AvgIpc) is 3.79. The van der Waals surface area contributed by atoms with Crippen molar-refractivity contribution in [1.82, 2.24) is 0 Å². The van der Waals surface area contributed by atoms with Crippen LogP contribution in [-0.2, 0) is 68.4 Å². The van der Waals surface area contributed by atoms with Gasteiger partial charge in [0.05, 0.1) is 27.4 Å². The maximum atomic E-state index is 12.5. The zero-order valence-corrected chi connectivity index (χ0v) is 26.9. The molecule has 0 amide bonds. The number of carbonyl (C=O) groups is 3. The fourth-order valence-electron chi connectivity index (χ4n) is 4.03. The number of benzene rings is 1. The van der Waals surface area contributed by atoms with Crippen LogP contribution in [0.4, 0.5) is 0 Å². The number of rotatable bonds is 9. The second kappa shape index (κ2) is 27.9. The molecule has 1 fully saturated rings. The topological polar surface area (TPSA) is 148 Å². The summed E-state index contributed by atoms with van der Waals surface area (Å²) in [5.74, 6) is -2.11. The fourth-order valence-corrected chi connectivity index (χ4v) is 4.03. The minimum atomic E-state index is -1.63. The van der Waals surface area contributed by atoms with Crippen LogP contribution in [0, 0.1) is 31.4 Å². The van der Waals surface area contributed by atoms with Gasteiger partial charge in [-0.1, -0.05) is 68.5 Å². The van der Waals surface area contributed by atoms with Crippen molar-refractivity contribution in [2.45, 2.75) is 51.0 Å². The third-order valence-electron chi connectivity index (χ3n) is 6.00. The molecule has 1 unspecified atom stereocenters. The van der Waals surface area contributed by atoms with E-state index in [2.05, 4.69) is 30.8 Å². The molecule has 1 atom stereocenters. The van der Waals surface area contributed by atoms with E-state index in [1.165, 1.54) is 59.5 Å². The van der Waals surface area contributed by atoms with Crippen molar-refractivity contribution in [3.8, 4) is 0 Å². The summed E-state index contributed by atoms with van der Waals surface area (Å²) in [6.45, 7) is 13.8. The van der Waals surface area contributed by atoms with Gasteiger partial charge in [-0.05, 0) is 25.0 Å². The van der Waals surface area contributed by atoms with Crippen LogP contribution in [-0.4, -0.2) is 45.8 Å². The van der Waals surface area contributed by atoms with Crippen LogP contribution in [0.2, 0.25) is 0 Å². The molecule has 224 valence electrons. The SMILES string of the molecule is C1CCCC1.COC(=O)/C=C/CC(C/C=C/C1=[C-]COC1c1ccccc1)(C(=O)OC)C(=O)OC.[C-]#[O+].[C-]#[O+].[C-]#[O+].[W+2]. The summed E-state index contributed by atoms with van der Waals surface area (Å²) < 4.78 is 42.5. The van der Waals surface area contributed by atoms with Crippen molar-refractivity contribution in [1.29, 1.82) is 0 Å². The molecule has 1 saturated carbocycles. The Morgan fingerprint density at radius 2 is 1.33 bits per heavy atom. The van der Waals surface area contributed by atoms with Crippen LogP contribution in [0.25, 0.3) is 0 Å². The molecule has 0 radical (unpaired) electrons. The predicted octanol–water partition coefficient (Wildman–Crippen LogP) is 4.72. The standard InChI is InChI=1S/C23H25O7.C5H10.3CO.W/c1-27-19(24)12-8-15-23(21(25)28-2,22(26)29-3)14-7-11-18-13-16-30-20(18)17-9-5-4-6-10-17;1-2-4-5-3-1;3*1-2;/h4-12,20H,14-16H2,1-3H3;1-5H2;;;;/q-1;;;;;+2/b11-7+,12-8+;;;;;. The molecule has 0 spiro atoms. The van der Waals surface area contributed by atoms with E-state index in [0.29, 0.717) is 6.61 Å². The Bertz CT molecular complexity index is 1010. The first kappa shape index (κ1) is 43.2. The van der Waals surface area contributed by atoms with Gasteiger partial charge in [0.2, 0.25) is 0 Å². The van der Waals surface area contributed by atoms with Crippen molar-refractivity contribution in [2.75, 3.05) is 27.9 Å². The molecule has 0 N–H and O–H groups in total. The van der Waals surface area contributed by atoms with Crippen LogP contribution in [0.1, 0.15) is 56.6 Å². The van der Waals surface area contributed by atoms with Gasteiger partial charge in [0, 0.05) is 6.08 Å². The molecule has 3 rings (SSSR count). The first-order chi connectivity index (χ1) is 20.0. The van der Waals surface area contributed by atoms with Crippen LogP contribution in [0.15, 0.2) is 60.2 Å². The zero-order chi connectivity index (χ0) is 31.5. The number of hydrogen-bond donors (Lipinski definition) is 0. The maximum absolute atomic E-state index is 12.5. The summed E-state index contributed by atoms with van der Waals surface area (Å²) in [4.78, 5) is 36.4. The number of carbonyl (C=O) groups excluding carboxylic acids is 3. The molecule has 0 saturated heterocycles. The van der Waals surface area contributed by atoms with Crippen molar-refractivity contribution in [2.24, 2.45) is 5.41 Å². The van der Waals surface area contributed by atoms with Crippen LogP contribution in [0.3, 0.4) is 0 Å². The summed E-state index contributed by atoms with van der Waals surface area (Å²) in [5, 5.41) is 0. The minimum Gasteiger partial charge on any atom is 2.00 e. The second-order valence-electron chi connectivity index (χ2n) is 8.30. The van der Waals surface area contributed by atoms with Gasteiger partial charge in [-0.15, -0.1) is 0 Å². The van der Waals surface area contributed by atoms with Gasteiger partial charge in [0.25, 0.3) is 0 Å². The predicted molar refractivity (Wildman–Crippen MR) is 143 cm³/mol. The Balaban J connectivity index is -0.00000109. The molecule has 1 aromatic carbocycles. The molecule has 11 heteroatoms. The van der Waals surface area contributed by atoms with E-state index in [4.69, 9.17) is 28.2 Å². The summed E-state index contributed by atoms with van der Waals surface area (Å²) in [5.41, 5.74) is 0.151. The fraction of sp³-hybridized carbons (Fsp3) is 0.419. The molecular weight excluding hydrogens is 716 g/mol. The maximum Gasteiger partial charge on any atom is 2.00 e. The Morgan fingerprint density at radius 1 is 0.857 bits per heavy atom. The van der Waals surface area contributed by atoms with Gasteiger partial charge >= 0.3 is 72.9 Å². The summed E-state index contributed by atoms with van der Waals surface area (Å²) in [7, 11) is 3.63. The summed E-state index contributed by atoms with van der Waals surface area (Å²) in [6.07, 6.45) is 16.3. The molecule has 0 aromatic heterocycles. The molecule has 1 aromatic rings. The van der Waals surface area contributed by atoms with Gasteiger partial charge in [-0.3, -0.25) is 9.59 Å². The van der Waals surface area contributed by atoms with Crippen LogP contribution in [0.5, 0.6) is 0 Å². The van der Waals surface area contributed by atoms with Crippen LogP contribution < -0.4 is 0 Å². The summed E-state index contributed by atoms with van der Waals surface area (Å²) in [6, 6.07) is 9.67. The third-order valence-corrected chi connectivity index (χ3v) is 6.00. The first-order valence-corrected chi connectivity index (χ1v) is 12.4. The number of hydrogen-bond acceptors (Lipinski definition) is 7. The van der Waals surface area contributed by atoms with Crippen molar-refractivity contribution in [3.63, 3.8) is 0 Å². The van der Waals surface area contributed by atoms with Gasteiger partial charge < -0.3 is 18.9 Å². The van der Waals surface area contributed by atoms with E-state index in [1.807, 2.05) is 30.3 Å². The van der Waals surface area contributed by atoms with E-state index in [9.17, 15) is 14.4 Å². The van der Waals surface area contributed by atoms with Crippen molar-refractivity contribution in [3.05, 3.63) is 91.8 Å². The molecule has 1 aliphatic heterocycles. The molecule has 42 heavy (non-hydrogen) atoms. The van der Waals surface area contributed by atoms with Gasteiger partial charge in [0.1, 0.15) is 0 Å². The first-order valence-electron chi connectivity index (χ1n) is 12.4. The number of ether oxygens (including phenoxy) is 4. The van der Waals surface area contributed by atoms with E-state index >= 15 is 0 Å². The van der Waals surface area contributed by atoms with Crippen molar-refractivity contribution < 1.29 is 68.4 Å². The van der Waals surface area contributed by atoms with Crippen molar-refractivity contribution >= 4 is 17.9 Å². The largest absolute Gasteiger partial charge is 2.00 e. The molecular formula is C31H35O10W+. The quantitative estimate of drug-likeness (QED) is 0.0886. The van der Waals surface area contributed by atoms with Gasteiger partial charge in [-0.25, -0.2) is 16.9 Å². The molecule has 0 bridgehead atoms. The number of methoxy groups -OCH3 is 3. The molecule has 2 aliphatic rings. The smallest absolute Gasteiger partial charge is 2.00 e. The van der Waals surface area contributed by atoms with Crippen LogP contribution >= 0.6 is 0 Å². The normalized spacial score (nSPS) is 14.8.